The van der Waals surface area contributed by atoms with Gasteiger partial charge in [-0.3, -0.25) is 0 Å². The second-order valence-corrected chi connectivity index (χ2v) is 11.0. The topological polar surface area (TPSA) is 63.4 Å². The highest BCUT2D eigenvalue weighted by Crippen LogP contribution is 2.25. The van der Waals surface area contributed by atoms with E-state index in [-0.39, 0.29) is 12.1 Å². The first-order valence-corrected chi connectivity index (χ1v) is 12.3. The third-order valence-corrected chi connectivity index (χ3v) is 5.54. The second-order valence-electron chi connectivity index (χ2n) is 11.0. The largest absolute Gasteiger partial charge is 0.444 e. The van der Waals surface area contributed by atoms with Crippen molar-refractivity contribution in [3.05, 3.63) is 41.2 Å². The lowest BCUT2D eigenvalue weighted by Crippen LogP contribution is -2.45. The molecule has 0 spiro atoms. The van der Waals surface area contributed by atoms with E-state index in [0.717, 1.165) is 31.2 Å². The minimum atomic E-state index is -0.613. The monoisotopic (exact) mass is 471 g/mol. The molecule has 0 unspecified atom stereocenters. The van der Waals surface area contributed by atoms with E-state index in [1.807, 2.05) is 58.6 Å². The fourth-order valence-electron chi connectivity index (χ4n) is 4.07. The van der Waals surface area contributed by atoms with Crippen molar-refractivity contribution in [3.63, 3.8) is 0 Å². The Morgan fingerprint density at radius 2 is 1.59 bits per heavy atom. The van der Waals surface area contributed by atoms with Gasteiger partial charge < -0.3 is 19.3 Å². The van der Waals surface area contributed by atoms with Gasteiger partial charge in [-0.1, -0.05) is 43.5 Å². The molecule has 0 saturated heterocycles. The molecular formula is C27H41N3O4. The standard InChI is InChI=1S/C27H41N3O4/c1-26(2,3)33-24(31)29(20-21-13-11-14-22(19-21)28-7)17-12-18-30(23-15-9-8-10-16-23)25(32)34-27(4,5)6/h11,13-14,19,23H,8-10,12,15-18,20H2,1-6H3. The van der Waals surface area contributed by atoms with Crippen molar-refractivity contribution in [2.45, 2.75) is 104 Å². The smallest absolute Gasteiger partial charge is 0.410 e. The van der Waals surface area contributed by atoms with E-state index >= 15 is 0 Å². The molecular weight excluding hydrogens is 430 g/mol. The van der Waals surface area contributed by atoms with Crippen molar-refractivity contribution in [2.75, 3.05) is 13.1 Å². The van der Waals surface area contributed by atoms with Crippen molar-refractivity contribution in [1.29, 1.82) is 0 Å². The average molecular weight is 472 g/mol. The highest BCUT2D eigenvalue weighted by molar-refractivity contribution is 5.69. The van der Waals surface area contributed by atoms with Gasteiger partial charge in [0.1, 0.15) is 11.2 Å². The lowest BCUT2D eigenvalue weighted by atomic mass is 9.94. The number of amides is 2. The molecule has 0 aromatic heterocycles. The first-order valence-electron chi connectivity index (χ1n) is 12.3. The van der Waals surface area contributed by atoms with Crippen LogP contribution in [0.25, 0.3) is 4.85 Å². The summed E-state index contributed by atoms with van der Waals surface area (Å²) in [5.41, 5.74) is 0.240. The van der Waals surface area contributed by atoms with Gasteiger partial charge in [0.15, 0.2) is 5.69 Å². The fraction of sp³-hybridized carbons (Fsp3) is 0.667. The number of carbonyl (C=O) groups excluding carboxylic acids is 2. The molecule has 1 saturated carbocycles. The quantitative estimate of drug-likeness (QED) is 0.404. The van der Waals surface area contributed by atoms with E-state index in [1.165, 1.54) is 6.42 Å². The van der Waals surface area contributed by atoms with Crippen LogP contribution in [0.4, 0.5) is 15.3 Å². The van der Waals surface area contributed by atoms with Gasteiger partial charge in [-0.05, 0) is 66.4 Å². The minimum absolute atomic E-state index is 0.175. The van der Waals surface area contributed by atoms with E-state index in [1.54, 1.807) is 17.0 Å². The summed E-state index contributed by atoms with van der Waals surface area (Å²) in [4.78, 5) is 32.9. The summed E-state index contributed by atoms with van der Waals surface area (Å²) < 4.78 is 11.3. The van der Waals surface area contributed by atoms with Crippen LogP contribution < -0.4 is 0 Å². The van der Waals surface area contributed by atoms with Crippen LogP contribution in [-0.2, 0) is 16.0 Å². The third kappa shape index (κ3) is 9.62. The van der Waals surface area contributed by atoms with Crippen LogP contribution in [0, 0.1) is 6.57 Å². The lowest BCUT2D eigenvalue weighted by Gasteiger charge is -2.36. The molecule has 2 amide bonds. The summed E-state index contributed by atoms with van der Waals surface area (Å²) in [5, 5.41) is 0. The van der Waals surface area contributed by atoms with Crippen molar-refractivity contribution in [2.24, 2.45) is 0 Å². The normalized spacial score (nSPS) is 14.7. The first-order chi connectivity index (χ1) is 15.9. The zero-order chi connectivity index (χ0) is 25.4. The van der Waals surface area contributed by atoms with E-state index in [4.69, 9.17) is 16.0 Å². The molecule has 1 fully saturated rings. The molecule has 0 bridgehead atoms. The van der Waals surface area contributed by atoms with E-state index in [2.05, 4.69) is 4.85 Å². The molecule has 0 N–H and O–H groups in total. The van der Waals surface area contributed by atoms with Gasteiger partial charge >= 0.3 is 12.2 Å². The van der Waals surface area contributed by atoms with Gasteiger partial charge in [-0.2, -0.15) is 0 Å². The number of carbonyl (C=O) groups is 2. The third-order valence-electron chi connectivity index (χ3n) is 5.54. The van der Waals surface area contributed by atoms with Gasteiger partial charge in [0.2, 0.25) is 0 Å². The SMILES string of the molecule is [C-]#[N+]c1cccc(CN(CCCN(C(=O)OC(C)(C)C)C2CCCCC2)C(=O)OC(C)(C)C)c1. The molecule has 1 aliphatic rings. The summed E-state index contributed by atoms with van der Waals surface area (Å²) in [6.45, 7) is 19.7. The summed E-state index contributed by atoms with van der Waals surface area (Å²) in [6, 6.07) is 7.44. The van der Waals surface area contributed by atoms with Crippen LogP contribution >= 0.6 is 0 Å². The molecule has 1 aromatic carbocycles. The molecule has 0 aliphatic heterocycles. The van der Waals surface area contributed by atoms with Crippen LogP contribution in [0.15, 0.2) is 24.3 Å². The number of rotatable bonds is 7. The van der Waals surface area contributed by atoms with Crippen molar-refractivity contribution in [3.8, 4) is 0 Å². The predicted octanol–water partition coefficient (Wildman–Crippen LogP) is 6.93. The summed E-state index contributed by atoms with van der Waals surface area (Å²) >= 11 is 0. The molecule has 7 nitrogen and oxygen atoms in total. The highest BCUT2D eigenvalue weighted by atomic mass is 16.6. The lowest BCUT2D eigenvalue weighted by molar-refractivity contribution is 0.00970. The maximum atomic E-state index is 13.0. The molecule has 34 heavy (non-hydrogen) atoms. The number of benzene rings is 1. The Labute approximate surface area is 205 Å². The van der Waals surface area contributed by atoms with E-state index in [0.29, 0.717) is 31.7 Å². The van der Waals surface area contributed by atoms with Crippen molar-refractivity contribution < 1.29 is 19.1 Å². The number of hydrogen-bond acceptors (Lipinski definition) is 4. The van der Waals surface area contributed by atoms with Crippen molar-refractivity contribution >= 4 is 17.9 Å². The fourth-order valence-corrected chi connectivity index (χ4v) is 4.07. The zero-order valence-electron chi connectivity index (χ0n) is 21.7. The highest BCUT2D eigenvalue weighted by Gasteiger charge is 2.30. The maximum Gasteiger partial charge on any atom is 0.410 e. The molecule has 0 heterocycles. The first kappa shape index (κ1) is 27.5. The predicted molar refractivity (Wildman–Crippen MR) is 134 cm³/mol. The van der Waals surface area contributed by atoms with Crippen LogP contribution in [-0.4, -0.2) is 52.3 Å². The minimum Gasteiger partial charge on any atom is -0.444 e. The molecule has 1 aliphatic carbocycles. The molecule has 2 rings (SSSR count). The van der Waals surface area contributed by atoms with Gasteiger partial charge in [0.05, 0.1) is 6.57 Å². The van der Waals surface area contributed by atoms with Crippen LogP contribution in [0.5, 0.6) is 0 Å². The molecule has 188 valence electrons. The zero-order valence-corrected chi connectivity index (χ0v) is 21.7. The Balaban J connectivity index is 2.12. The summed E-state index contributed by atoms with van der Waals surface area (Å²) in [5.74, 6) is 0. The van der Waals surface area contributed by atoms with Crippen LogP contribution in [0.1, 0.15) is 85.6 Å². The Bertz CT molecular complexity index is 858. The Kier molecular flexibility index (Phi) is 9.78. The van der Waals surface area contributed by atoms with Crippen LogP contribution in [0.3, 0.4) is 0 Å². The summed E-state index contributed by atoms with van der Waals surface area (Å²) in [7, 11) is 0. The summed E-state index contributed by atoms with van der Waals surface area (Å²) in [6.07, 6.45) is 5.33. The van der Waals surface area contributed by atoms with E-state index < -0.39 is 17.3 Å². The van der Waals surface area contributed by atoms with Gasteiger partial charge in [0.25, 0.3) is 0 Å². The number of ether oxygens (including phenoxy) is 2. The average Bonchev–Trinajstić information content (AvgIpc) is 2.74. The van der Waals surface area contributed by atoms with Crippen LogP contribution in [0.2, 0.25) is 0 Å². The Hall–Kier alpha value is -2.75. The number of hydrogen-bond donors (Lipinski definition) is 0. The Morgan fingerprint density at radius 1 is 0.971 bits per heavy atom. The molecule has 0 atom stereocenters. The molecule has 1 aromatic rings. The van der Waals surface area contributed by atoms with Gasteiger partial charge in [-0.25, -0.2) is 14.4 Å². The molecule has 7 heteroatoms. The van der Waals surface area contributed by atoms with Gasteiger partial charge in [-0.15, -0.1) is 0 Å². The maximum absolute atomic E-state index is 13.0. The van der Waals surface area contributed by atoms with E-state index in [9.17, 15) is 9.59 Å². The molecule has 0 radical (unpaired) electrons. The van der Waals surface area contributed by atoms with Gasteiger partial charge in [0, 0.05) is 25.7 Å². The Morgan fingerprint density at radius 3 is 2.18 bits per heavy atom. The van der Waals surface area contributed by atoms with Crippen molar-refractivity contribution in [1.82, 2.24) is 9.80 Å². The number of nitrogens with zero attached hydrogens (tertiary/aromatic N) is 3. The second kappa shape index (κ2) is 12.1.